The van der Waals surface area contributed by atoms with E-state index in [-0.39, 0.29) is 0 Å². The molecular weight excluding hydrogens is 276 g/mol. The molecule has 1 aromatic rings. The smallest absolute Gasteiger partial charge is 0.172 e. The van der Waals surface area contributed by atoms with Crippen molar-refractivity contribution in [3.8, 4) is 12.1 Å². The maximum absolute atomic E-state index is 13.8. The van der Waals surface area contributed by atoms with Gasteiger partial charge in [0, 0.05) is 0 Å². The van der Waals surface area contributed by atoms with Crippen LogP contribution < -0.4 is 11.3 Å². The number of nitrogens with zero attached hydrogens (tertiary/aromatic N) is 2. The zero-order valence-corrected chi connectivity index (χ0v) is 9.77. The minimum Gasteiger partial charge on any atom is -0.322 e. The van der Waals surface area contributed by atoms with Gasteiger partial charge in [-0.15, -0.1) is 0 Å². The second kappa shape index (κ2) is 5.87. The Morgan fingerprint density at radius 1 is 1.05 bits per heavy atom. The Balaban J connectivity index is 3.90. The van der Waals surface area contributed by atoms with Gasteiger partial charge in [-0.25, -0.2) is 17.6 Å². The molecule has 0 aliphatic heterocycles. The topological polar surface area (TPSA) is 85.6 Å². The second-order valence-corrected chi connectivity index (χ2v) is 3.37. The van der Waals surface area contributed by atoms with Gasteiger partial charge in [0.25, 0.3) is 0 Å². The van der Waals surface area contributed by atoms with Gasteiger partial charge < -0.3 is 5.43 Å². The predicted molar refractivity (Wildman–Crippen MR) is 61.8 cm³/mol. The van der Waals surface area contributed by atoms with E-state index in [9.17, 15) is 17.6 Å². The van der Waals surface area contributed by atoms with Crippen molar-refractivity contribution < 1.29 is 17.6 Å². The van der Waals surface area contributed by atoms with Crippen molar-refractivity contribution in [2.75, 3.05) is 0 Å². The monoisotopic (exact) mass is 282 g/mol. The Labute approximate surface area is 111 Å². The molecule has 102 valence electrons. The van der Waals surface area contributed by atoms with Gasteiger partial charge in [-0.3, -0.25) is 5.84 Å². The van der Waals surface area contributed by atoms with Crippen molar-refractivity contribution >= 4 is 11.8 Å². The lowest BCUT2D eigenvalue weighted by Gasteiger charge is -2.12. The third kappa shape index (κ3) is 2.20. The quantitative estimate of drug-likeness (QED) is 0.292. The van der Waals surface area contributed by atoms with Gasteiger partial charge >= 0.3 is 0 Å². The first-order valence-corrected chi connectivity index (χ1v) is 4.94. The maximum Gasteiger partial charge on any atom is 0.172 e. The minimum absolute atomic E-state index is 0.593. The summed E-state index contributed by atoms with van der Waals surface area (Å²) in [4.78, 5) is 0. The lowest BCUT2D eigenvalue weighted by Crippen LogP contribution is -2.24. The fourth-order valence-corrected chi connectivity index (χ4v) is 1.45. The van der Waals surface area contributed by atoms with E-state index in [1.165, 1.54) is 12.1 Å². The summed E-state index contributed by atoms with van der Waals surface area (Å²) in [6.07, 6.45) is 0.593. The molecule has 3 N–H and O–H groups in total. The van der Waals surface area contributed by atoms with Crippen LogP contribution in [0.1, 0.15) is 11.1 Å². The zero-order valence-electron chi connectivity index (χ0n) is 9.77. The van der Waals surface area contributed by atoms with E-state index in [0.29, 0.717) is 6.08 Å². The number of nitriles is 2. The second-order valence-electron chi connectivity index (χ2n) is 3.37. The summed E-state index contributed by atoms with van der Waals surface area (Å²) in [5.74, 6) is -2.06. The highest BCUT2D eigenvalue weighted by molar-refractivity contribution is 5.75. The first-order valence-electron chi connectivity index (χ1n) is 4.94. The van der Waals surface area contributed by atoms with Crippen LogP contribution in [0.5, 0.6) is 0 Å². The minimum atomic E-state index is -1.80. The SMILES string of the molecule is C=Cc1c(F)c(F)c(C(NN)=C(C#N)C#N)c(F)c1F. The molecule has 0 unspecified atom stereocenters. The summed E-state index contributed by atoms with van der Waals surface area (Å²) in [5, 5.41) is 17.3. The summed E-state index contributed by atoms with van der Waals surface area (Å²) in [5.41, 5.74) is -2.29. The van der Waals surface area contributed by atoms with Crippen molar-refractivity contribution in [2.24, 2.45) is 5.84 Å². The molecule has 1 rings (SSSR count). The fraction of sp³-hybridized carbons (Fsp3) is 0. The zero-order chi connectivity index (χ0) is 15.4. The van der Waals surface area contributed by atoms with E-state index in [1.807, 2.05) is 0 Å². The molecule has 20 heavy (non-hydrogen) atoms. The number of hydrogen-bond acceptors (Lipinski definition) is 4. The molecule has 0 radical (unpaired) electrons. The Hall–Kier alpha value is -2.84. The van der Waals surface area contributed by atoms with Gasteiger partial charge in [0.1, 0.15) is 12.1 Å². The van der Waals surface area contributed by atoms with E-state index < -0.39 is 45.7 Å². The lowest BCUT2D eigenvalue weighted by atomic mass is 10.0. The van der Waals surface area contributed by atoms with Crippen molar-refractivity contribution in [2.45, 2.75) is 0 Å². The molecule has 0 amide bonds. The van der Waals surface area contributed by atoms with Gasteiger partial charge in [-0.1, -0.05) is 12.7 Å². The van der Waals surface area contributed by atoms with Crippen LogP contribution in [0.4, 0.5) is 17.6 Å². The van der Waals surface area contributed by atoms with E-state index in [4.69, 9.17) is 16.4 Å². The van der Waals surface area contributed by atoms with Gasteiger partial charge in [-0.2, -0.15) is 10.5 Å². The molecule has 0 saturated carbocycles. The number of nitrogens with two attached hydrogens (primary N) is 1. The van der Waals surface area contributed by atoms with Crippen molar-refractivity contribution in [1.29, 1.82) is 10.5 Å². The lowest BCUT2D eigenvalue weighted by molar-refractivity contribution is 0.446. The maximum atomic E-state index is 13.8. The summed E-state index contributed by atoms with van der Waals surface area (Å²) < 4.78 is 54.7. The number of hydrogen-bond donors (Lipinski definition) is 2. The normalized spacial score (nSPS) is 9.35. The number of halogens is 4. The van der Waals surface area contributed by atoms with Crippen LogP contribution in [-0.4, -0.2) is 0 Å². The Morgan fingerprint density at radius 2 is 1.50 bits per heavy atom. The summed E-state index contributed by atoms with van der Waals surface area (Å²) in [7, 11) is 0. The highest BCUT2D eigenvalue weighted by atomic mass is 19.2. The van der Waals surface area contributed by atoms with Gasteiger partial charge in [0.05, 0.1) is 16.8 Å². The van der Waals surface area contributed by atoms with E-state index in [2.05, 4.69) is 6.58 Å². The highest BCUT2D eigenvalue weighted by Gasteiger charge is 2.27. The van der Waals surface area contributed by atoms with Crippen LogP contribution in [0.3, 0.4) is 0 Å². The fourth-order valence-electron chi connectivity index (χ4n) is 1.45. The molecule has 0 spiro atoms. The third-order valence-corrected chi connectivity index (χ3v) is 2.37. The standard InChI is InChI=1S/C12H6F4N4/c1-2-6-8(13)10(15)7(11(16)9(6)14)12(20-19)5(3-17)4-18/h2,20H,1,19H2. The molecule has 8 heteroatoms. The molecule has 0 atom stereocenters. The average molecular weight is 282 g/mol. The molecule has 0 fully saturated rings. The number of allylic oxidation sites excluding steroid dienone is 1. The average Bonchev–Trinajstić information content (AvgIpc) is 2.45. The highest BCUT2D eigenvalue weighted by Crippen LogP contribution is 2.29. The van der Waals surface area contributed by atoms with Gasteiger partial charge in [-0.05, 0) is 0 Å². The van der Waals surface area contributed by atoms with Crippen LogP contribution in [0.15, 0.2) is 12.2 Å². The molecular formula is C12H6F4N4. The summed E-state index contributed by atoms with van der Waals surface area (Å²) >= 11 is 0. The molecule has 1 aromatic carbocycles. The van der Waals surface area contributed by atoms with Crippen LogP contribution in [0.2, 0.25) is 0 Å². The summed E-state index contributed by atoms with van der Waals surface area (Å²) in [6.45, 7) is 3.03. The van der Waals surface area contributed by atoms with Gasteiger partial charge in [0.15, 0.2) is 28.8 Å². The molecule has 4 nitrogen and oxygen atoms in total. The Morgan fingerprint density at radius 3 is 1.80 bits per heavy atom. The third-order valence-electron chi connectivity index (χ3n) is 2.37. The molecule has 0 bridgehead atoms. The van der Waals surface area contributed by atoms with Crippen LogP contribution in [-0.2, 0) is 0 Å². The molecule has 0 aromatic heterocycles. The van der Waals surface area contributed by atoms with E-state index in [0.717, 1.165) is 0 Å². The van der Waals surface area contributed by atoms with Crippen LogP contribution in [0.25, 0.3) is 11.8 Å². The predicted octanol–water partition coefficient (Wildman–Crippen LogP) is 2.11. The molecule has 0 aliphatic rings. The van der Waals surface area contributed by atoms with Gasteiger partial charge in [0.2, 0.25) is 0 Å². The number of benzene rings is 1. The van der Waals surface area contributed by atoms with E-state index >= 15 is 0 Å². The van der Waals surface area contributed by atoms with Crippen LogP contribution >= 0.6 is 0 Å². The first-order chi connectivity index (χ1) is 9.44. The first kappa shape index (κ1) is 15.2. The summed E-state index contributed by atoms with van der Waals surface area (Å²) in [6, 6.07) is 2.60. The number of nitrogens with one attached hydrogen (secondary N) is 1. The Bertz CT molecular complexity index is 650. The number of rotatable bonds is 3. The van der Waals surface area contributed by atoms with Crippen molar-refractivity contribution in [3.05, 3.63) is 46.5 Å². The van der Waals surface area contributed by atoms with E-state index in [1.54, 1.807) is 5.43 Å². The van der Waals surface area contributed by atoms with Crippen LogP contribution in [0, 0.1) is 45.9 Å². The Kier molecular flexibility index (Phi) is 4.46. The molecule has 0 heterocycles. The molecule has 0 saturated heterocycles. The van der Waals surface area contributed by atoms with Crippen molar-refractivity contribution in [3.63, 3.8) is 0 Å². The van der Waals surface area contributed by atoms with Crippen molar-refractivity contribution in [1.82, 2.24) is 5.43 Å². The molecule has 0 aliphatic carbocycles. The largest absolute Gasteiger partial charge is 0.322 e. The number of hydrazine groups is 1.